The number of nitriles is 1. The Balaban J connectivity index is 2.50. The van der Waals surface area contributed by atoms with E-state index in [2.05, 4.69) is 15.9 Å². The lowest BCUT2D eigenvalue weighted by molar-refractivity contribution is 0.0970. The predicted octanol–water partition coefficient (Wildman–Crippen LogP) is 4.53. The molecule has 0 amide bonds. The minimum absolute atomic E-state index is 0.159. The van der Waals surface area contributed by atoms with Crippen molar-refractivity contribution in [1.29, 1.82) is 5.26 Å². The van der Waals surface area contributed by atoms with E-state index in [1.54, 1.807) is 24.3 Å². The zero-order valence-corrected chi connectivity index (χ0v) is 12.6. The van der Waals surface area contributed by atoms with E-state index in [1.165, 1.54) is 13.0 Å². The van der Waals surface area contributed by atoms with Gasteiger partial charge in [-0.05, 0) is 36.2 Å². The molecule has 1 unspecified atom stereocenters. The number of benzene rings is 2. The lowest BCUT2D eigenvalue weighted by Crippen LogP contribution is -2.15. The van der Waals surface area contributed by atoms with Crippen molar-refractivity contribution in [3.63, 3.8) is 0 Å². The number of hydrogen-bond acceptors (Lipinski definition) is 2. The molecule has 1 atom stereocenters. The molecule has 0 bridgehead atoms. The Labute approximate surface area is 129 Å². The maximum atomic E-state index is 14.0. The minimum Gasteiger partial charge on any atom is -0.292 e. The Morgan fingerprint density at radius 1 is 1.19 bits per heavy atom. The molecule has 0 aliphatic rings. The van der Waals surface area contributed by atoms with E-state index in [4.69, 9.17) is 0 Å². The number of Topliss-reactive ketones (excluding diaryl/α,β-unsaturated/α-hetero) is 1. The first kappa shape index (κ1) is 15.3. The summed E-state index contributed by atoms with van der Waals surface area (Å²) in [4.78, 5) is 12.3. The smallest absolute Gasteiger partial charge is 0.190 e. The maximum absolute atomic E-state index is 14.0. The van der Waals surface area contributed by atoms with Gasteiger partial charge in [0.1, 0.15) is 17.6 Å². The number of carbonyl (C=O) groups excluding carboxylic acids is 1. The van der Waals surface area contributed by atoms with E-state index in [1.807, 2.05) is 6.07 Å². The van der Waals surface area contributed by atoms with Gasteiger partial charge in [-0.1, -0.05) is 34.1 Å². The lowest BCUT2D eigenvalue weighted by Gasteiger charge is -2.11. The largest absolute Gasteiger partial charge is 0.292 e. The molecule has 0 saturated carbocycles. The van der Waals surface area contributed by atoms with Gasteiger partial charge in [0, 0.05) is 4.47 Å². The quantitative estimate of drug-likeness (QED) is 0.764. The fourth-order valence-electron chi connectivity index (χ4n) is 1.97. The van der Waals surface area contributed by atoms with Crippen molar-refractivity contribution in [1.82, 2.24) is 0 Å². The van der Waals surface area contributed by atoms with Crippen LogP contribution in [0.5, 0.6) is 0 Å². The summed E-state index contributed by atoms with van der Waals surface area (Å²) in [6.45, 7) is 1.44. The normalized spacial score (nSPS) is 11.8. The van der Waals surface area contributed by atoms with Crippen LogP contribution in [0.15, 0.2) is 40.9 Å². The Hall–Kier alpha value is -2.06. The molecule has 0 aromatic heterocycles. The van der Waals surface area contributed by atoms with E-state index in [-0.39, 0.29) is 5.56 Å². The highest BCUT2D eigenvalue weighted by atomic mass is 79.9. The third-order valence-electron chi connectivity index (χ3n) is 3.13. The van der Waals surface area contributed by atoms with Gasteiger partial charge in [-0.3, -0.25) is 4.79 Å². The van der Waals surface area contributed by atoms with Crippen LogP contribution in [-0.4, -0.2) is 5.78 Å². The van der Waals surface area contributed by atoms with Gasteiger partial charge in [0.2, 0.25) is 0 Å². The van der Waals surface area contributed by atoms with Crippen LogP contribution in [0.1, 0.15) is 27.4 Å². The minimum atomic E-state index is -1.25. The molecule has 0 spiro atoms. The molecule has 0 aliphatic heterocycles. The van der Waals surface area contributed by atoms with Gasteiger partial charge in [-0.15, -0.1) is 0 Å². The van der Waals surface area contributed by atoms with Crippen molar-refractivity contribution in [3.05, 3.63) is 69.2 Å². The molecule has 0 heterocycles. The van der Waals surface area contributed by atoms with Gasteiger partial charge in [-0.25, -0.2) is 8.78 Å². The number of ketones is 1. The molecule has 5 heteroatoms. The van der Waals surface area contributed by atoms with E-state index < -0.39 is 28.9 Å². The average Bonchev–Trinajstić information content (AvgIpc) is 2.46. The van der Waals surface area contributed by atoms with Crippen LogP contribution < -0.4 is 0 Å². The highest BCUT2D eigenvalue weighted by Crippen LogP contribution is 2.26. The summed E-state index contributed by atoms with van der Waals surface area (Å²) in [6.07, 6.45) is 0. The molecule has 0 saturated heterocycles. The second kappa shape index (κ2) is 6.15. The third kappa shape index (κ3) is 3.01. The van der Waals surface area contributed by atoms with Crippen LogP contribution in [-0.2, 0) is 0 Å². The number of carbonyl (C=O) groups is 1. The monoisotopic (exact) mass is 349 g/mol. The number of rotatable bonds is 3. The summed E-state index contributed by atoms with van der Waals surface area (Å²) >= 11 is 3.24. The van der Waals surface area contributed by atoms with Gasteiger partial charge >= 0.3 is 0 Å². The van der Waals surface area contributed by atoms with Crippen molar-refractivity contribution in [2.45, 2.75) is 12.8 Å². The number of aryl methyl sites for hydroxylation is 1. The van der Waals surface area contributed by atoms with Crippen molar-refractivity contribution in [2.24, 2.45) is 0 Å². The molecule has 21 heavy (non-hydrogen) atoms. The Kier molecular flexibility index (Phi) is 4.49. The molecule has 0 aliphatic carbocycles. The van der Waals surface area contributed by atoms with Gasteiger partial charge in [0.25, 0.3) is 0 Å². The molecule has 2 aromatic carbocycles. The van der Waals surface area contributed by atoms with Crippen LogP contribution in [0.4, 0.5) is 8.78 Å². The summed E-state index contributed by atoms with van der Waals surface area (Å²) < 4.78 is 28.6. The van der Waals surface area contributed by atoms with Crippen molar-refractivity contribution in [2.75, 3.05) is 0 Å². The van der Waals surface area contributed by atoms with Gasteiger partial charge in [0.05, 0.1) is 11.6 Å². The Morgan fingerprint density at radius 3 is 2.38 bits per heavy atom. The van der Waals surface area contributed by atoms with Crippen molar-refractivity contribution in [3.8, 4) is 6.07 Å². The first-order valence-corrected chi connectivity index (χ1v) is 6.89. The molecule has 2 aromatic rings. The molecule has 0 radical (unpaired) electrons. The number of halogens is 3. The van der Waals surface area contributed by atoms with Crippen LogP contribution >= 0.6 is 15.9 Å². The fourth-order valence-corrected chi connectivity index (χ4v) is 2.23. The molecular weight excluding hydrogens is 340 g/mol. The van der Waals surface area contributed by atoms with Crippen LogP contribution in [0.3, 0.4) is 0 Å². The van der Waals surface area contributed by atoms with Gasteiger partial charge < -0.3 is 0 Å². The maximum Gasteiger partial charge on any atom is 0.190 e. The number of nitrogens with zero attached hydrogens (tertiary/aromatic N) is 1. The zero-order chi connectivity index (χ0) is 15.6. The highest BCUT2D eigenvalue weighted by molar-refractivity contribution is 9.10. The Morgan fingerprint density at radius 2 is 1.81 bits per heavy atom. The van der Waals surface area contributed by atoms with Crippen molar-refractivity contribution >= 4 is 21.7 Å². The molecule has 0 fully saturated rings. The highest BCUT2D eigenvalue weighted by Gasteiger charge is 2.28. The number of hydrogen-bond donors (Lipinski definition) is 0. The van der Waals surface area contributed by atoms with Crippen molar-refractivity contribution < 1.29 is 13.6 Å². The van der Waals surface area contributed by atoms with Gasteiger partial charge in [0.15, 0.2) is 5.78 Å². The van der Waals surface area contributed by atoms with Gasteiger partial charge in [-0.2, -0.15) is 5.26 Å². The SMILES string of the molecule is Cc1ccc(F)c(C(=O)C(C#N)c2ccc(Br)cc2)c1F. The van der Waals surface area contributed by atoms with E-state index in [9.17, 15) is 18.8 Å². The fraction of sp³-hybridized carbons (Fsp3) is 0.125. The zero-order valence-electron chi connectivity index (χ0n) is 11.0. The first-order valence-electron chi connectivity index (χ1n) is 6.09. The lowest BCUT2D eigenvalue weighted by atomic mass is 9.90. The second-order valence-electron chi connectivity index (χ2n) is 4.53. The molecule has 2 nitrogen and oxygen atoms in total. The summed E-state index contributed by atoms with van der Waals surface area (Å²) in [6, 6.07) is 10.6. The molecule has 0 N–H and O–H groups in total. The van der Waals surface area contributed by atoms with Crippen LogP contribution in [0.25, 0.3) is 0 Å². The average molecular weight is 350 g/mol. The molecule has 2 rings (SSSR count). The second-order valence-corrected chi connectivity index (χ2v) is 5.45. The molecule has 106 valence electrons. The van der Waals surface area contributed by atoms with Crippen LogP contribution in [0, 0.1) is 29.9 Å². The Bertz CT molecular complexity index is 735. The summed E-state index contributed by atoms with van der Waals surface area (Å²) in [5.41, 5.74) is -0.109. The first-order chi connectivity index (χ1) is 9.95. The van der Waals surface area contributed by atoms with Crippen LogP contribution in [0.2, 0.25) is 0 Å². The summed E-state index contributed by atoms with van der Waals surface area (Å²) in [5, 5.41) is 9.20. The summed E-state index contributed by atoms with van der Waals surface area (Å²) in [7, 11) is 0. The standard InChI is InChI=1S/C16H10BrF2NO/c1-9-2-7-13(18)14(15(9)19)16(21)12(8-20)10-3-5-11(17)6-4-10/h2-7,12H,1H3. The molecular formula is C16H10BrF2NO. The van der Waals surface area contributed by atoms with E-state index in [0.717, 1.165) is 10.5 Å². The third-order valence-corrected chi connectivity index (χ3v) is 3.65. The topological polar surface area (TPSA) is 40.9 Å². The van der Waals surface area contributed by atoms with E-state index in [0.29, 0.717) is 5.56 Å². The summed E-state index contributed by atoms with van der Waals surface area (Å²) in [5.74, 6) is -4.00. The van der Waals surface area contributed by atoms with E-state index >= 15 is 0 Å². The predicted molar refractivity (Wildman–Crippen MR) is 77.9 cm³/mol.